The van der Waals surface area contributed by atoms with Crippen LogP contribution in [0.2, 0.25) is 10.0 Å². The van der Waals surface area contributed by atoms with Crippen molar-refractivity contribution in [3.8, 4) is 11.3 Å². The first-order valence-corrected chi connectivity index (χ1v) is 10.4. The van der Waals surface area contributed by atoms with E-state index in [-0.39, 0.29) is 11.7 Å². The molecular formula is C20H15Cl2N5OS. The third-order valence-corrected chi connectivity index (χ3v) is 5.83. The van der Waals surface area contributed by atoms with Crippen molar-refractivity contribution in [1.29, 1.82) is 0 Å². The second kappa shape index (κ2) is 8.41. The number of carbonyl (C=O) groups is 1. The topological polar surface area (TPSA) is 72.2 Å². The highest BCUT2D eigenvalue weighted by Gasteiger charge is 2.13. The lowest BCUT2D eigenvalue weighted by Gasteiger charge is -2.09. The fourth-order valence-corrected chi connectivity index (χ4v) is 3.68. The lowest BCUT2D eigenvalue weighted by atomic mass is 10.1. The van der Waals surface area contributed by atoms with Crippen molar-refractivity contribution in [1.82, 2.24) is 19.8 Å². The van der Waals surface area contributed by atoms with Crippen LogP contribution in [0.25, 0.3) is 16.9 Å². The van der Waals surface area contributed by atoms with E-state index >= 15 is 0 Å². The summed E-state index contributed by atoms with van der Waals surface area (Å²) in [5.74, 6) is 0.00513. The van der Waals surface area contributed by atoms with Crippen LogP contribution in [-0.4, -0.2) is 31.5 Å². The molecule has 0 unspecified atom stereocenters. The zero-order valence-corrected chi connectivity index (χ0v) is 17.6. The molecule has 0 radical (unpaired) electrons. The van der Waals surface area contributed by atoms with Crippen molar-refractivity contribution in [2.45, 2.75) is 12.1 Å². The van der Waals surface area contributed by atoms with E-state index in [4.69, 9.17) is 23.2 Å². The molecule has 6 nitrogen and oxygen atoms in total. The summed E-state index contributed by atoms with van der Waals surface area (Å²) in [6.07, 6.45) is 0. The quantitative estimate of drug-likeness (QED) is 0.432. The second-order valence-electron chi connectivity index (χ2n) is 6.23. The summed E-state index contributed by atoms with van der Waals surface area (Å²) in [5, 5.41) is 17.5. The number of amides is 1. The van der Waals surface area contributed by atoms with E-state index in [1.165, 1.54) is 11.8 Å². The minimum Gasteiger partial charge on any atom is -0.325 e. The average Bonchev–Trinajstić information content (AvgIpc) is 3.13. The zero-order chi connectivity index (χ0) is 20.4. The fourth-order valence-electron chi connectivity index (χ4n) is 2.69. The number of thioether (sulfide) groups is 1. The Hall–Kier alpha value is -2.61. The molecule has 0 spiro atoms. The van der Waals surface area contributed by atoms with Gasteiger partial charge in [-0.15, -0.1) is 10.2 Å². The van der Waals surface area contributed by atoms with E-state index in [9.17, 15) is 4.79 Å². The Morgan fingerprint density at radius 2 is 1.86 bits per heavy atom. The third-order valence-electron chi connectivity index (χ3n) is 4.25. The van der Waals surface area contributed by atoms with Crippen LogP contribution < -0.4 is 5.32 Å². The number of fused-ring (bicyclic) bond motifs is 1. The minimum atomic E-state index is -0.161. The number of halogens is 2. The maximum atomic E-state index is 12.4. The molecule has 0 fully saturated rings. The molecule has 0 saturated carbocycles. The summed E-state index contributed by atoms with van der Waals surface area (Å²) in [5.41, 5.74) is 3.81. The molecule has 29 heavy (non-hydrogen) atoms. The van der Waals surface area contributed by atoms with Gasteiger partial charge in [-0.05, 0) is 48.9 Å². The summed E-state index contributed by atoms with van der Waals surface area (Å²) >= 11 is 13.3. The van der Waals surface area contributed by atoms with Gasteiger partial charge in [-0.2, -0.15) is 9.61 Å². The number of hydrogen-bond acceptors (Lipinski definition) is 5. The van der Waals surface area contributed by atoms with E-state index in [0.717, 1.165) is 16.8 Å². The average molecular weight is 444 g/mol. The molecule has 2 aromatic carbocycles. The van der Waals surface area contributed by atoms with E-state index in [1.807, 2.05) is 49.4 Å². The normalized spacial score (nSPS) is 11.0. The van der Waals surface area contributed by atoms with Crippen LogP contribution in [0, 0.1) is 6.92 Å². The molecule has 0 aliphatic heterocycles. The largest absolute Gasteiger partial charge is 0.325 e. The first-order chi connectivity index (χ1) is 14.0. The van der Waals surface area contributed by atoms with Gasteiger partial charge in [-0.25, -0.2) is 0 Å². The second-order valence-corrected chi connectivity index (χ2v) is 8.01. The Balaban J connectivity index is 1.50. The lowest BCUT2D eigenvalue weighted by molar-refractivity contribution is -0.113. The van der Waals surface area contributed by atoms with Gasteiger partial charge in [-0.1, -0.05) is 53.2 Å². The zero-order valence-electron chi connectivity index (χ0n) is 15.3. The van der Waals surface area contributed by atoms with Crippen molar-refractivity contribution >= 4 is 52.2 Å². The van der Waals surface area contributed by atoms with Crippen LogP contribution in [0.5, 0.6) is 0 Å². The Bertz CT molecular complexity index is 1190. The molecule has 4 rings (SSSR count). The summed E-state index contributed by atoms with van der Waals surface area (Å²) in [7, 11) is 0. The molecule has 0 aliphatic rings. The summed E-state index contributed by atoms with van der Waals surface area (Å²) < 4.78 is 1.63. The van der Waals surface area contributed by atoms with Gasteiger partial charge in [0.05, 0.1) is 11.4 Å². The first-order valence-electron chi connectivity index (χ1n) is 8.67. The number of hydrogen-bond donors (Lipinski definition) is 1. The molecule has 0 aliphatic carbocycles. The summed E-state index contributed by atoms with van der Waals surface area (Å²) in [6, 6.07) is 16.5. The molecule has 1 N–H and O–H groups in total. The summed E-state index contributed by atoms with van der Waals surface area (Å²) in [4.78, 5) is 12.4. The fraction of sp³-hybridized carbons (Fsp3) is 0.100. The van der Waals surface area contributed by atoms with Crippen LogP contribution in [0.1, 0.15) is 5.56 Å². The number of benzene rings is 2. The van der Waals surface area contributed by atoms with Crippen LogP contribution in [0.4, 0.5) is 5.69 Å². The van der Waals surface area contributed by atoms with Gasteiger partial charge in [0.15, 0.2) is 5.65 Å². The van der Waals surface area contributed by atoms with E-state index in [2.05, 4.69) is 20.6 Å². The SMILES string of the molecule is Cc1c(Cl)cccc1NC(=O)CSc1nnc2ccc(-c3ccc(Cl)cc3)nn12. The number of carbonyl (C=O) groups excluding carboxylic acids is 1. The Morgan fingerprint density at radius 1 is 1.07 bits per heavy atom. The maximum Gasteiger partial charge on any atom is 0.234 e. The van der Waals surface area contributed by atoms with Crippen LogP contribution in [-0.2, 0) is 4.79 Å². The first kappa shape index (κ1) is 19.7. The van der Waals surface area contributed by atoms with Gasteiger partial charge in [-0.3, -0.25) is 4.79 Å². The molecule has 0 bridgehead atoms. The number of anilines is 1. The molecule has 1 amide bonds. The van der Waals surface area contributed by atoms with Gasteiger partial charge < -0.3 is 5.32 Å². The van der Waals surface area contributed by atoms with E-state index in [1.54, 1.807) is 16.6 Å². The van der Waals surface area contributed by atoms with Crippen LogP contribution in [0.15, 0.2) is 59.8 Å². The lowest BCUT2D eigenvalue weighted by Crippen LogP contribution is -2.15. The number of aromatic nitrogens is 4. The standard InChI is InChI=1S/C20H15Cl2N5OS/c1-12-15(22)3-2-4-16(12)23-19(28)11-29-20-25-24-18-10-9-17(26-27(18)20)13-5-7-14(21)8-6-13/h2-10H,11H2,1H3,(H,23,28). The van der Waals surface area contributed by atoms with E-state index < -0.39 is 0 Å². The molecule has 9 heteroatoms. The molecular weight excluding hydrogens is 429 g/mol. The highest BCUT2D eigenvalue weighted by Crippen LogP contribution is 2.24. The third kappa shape index (κ3) is 4.37. The molecule has 0 atom stereocenters. The highest BCUT2D eigenvalue weighted by atomic mass is 35.5. The van der Waals surface area contributed by atoms with Gasteiger partial charge >= 0.3 is 0 Å². The van der Waals surface area contributed by atoms with Crippen molar-refractivity contribution < 1.29 is 4.79 Å². The number of nitrogens with zero attached hydrogens (tertiary/aromatic N) is 4. The van der Waals surface area contributed by atoms with Crippen LogP contribution >= 0.6 is 35.0 Å². The number of nitrogens with one attached hydrogen (secondary N) is 1. The van der Waals surface area contributed by atoms with Crippen molar-refractivity contribution in [2.75, 3.05) is 11.1 Å². The Kier molecular flexibility index (Phi) is 5.71. The molecule has 2 heterocycles. The predicted octanol–water partition coefficient (Wildman–Crippen LogP) is 5.14. The van der Waals surface area contributed by atoms with E-state index in [0.29, 0.717) is 26.5 Å². The molecule has 146 valence electrons. The van der Waals surface area contributed by atoms with Crippen molar-refractivity contribution in [3.05, 3.63) is 70.2 Å². The van der Waals surface area contributed by atoms with Crippen LogP contribution in [0.3, 0.4) is 0 Å². The predicted molar refractivity (Wildman–Crippen MR) is 117 cm³/mol. The Labute approximate surface area is 181 Å². The van der Waals surface area contributed by atoms with Crippen molar-refractivity contribution in [3.63, 3.8) is 0 Å². The Morgan fingerprint density at radius 3 is 2.66 bits per heavy atom. The minimum absolute atomic E-state index is 0.161. The van der Waals surface area contributed by atoms with Gasteiger partial charge in [0.1, 0.15) is 0 Å². The molecule has 4 aromatic rings. The smallest absolute Gasteiger partial charge is 0.234 e. The summed E-state index contributed by atoms with van der Waals surface area (Å²) in [6.45, 7) is 1.86. The van der Waals surface area contributed by atoms with Gasteiger partial charge in [0, 0.05) is 21.3 Å². The van der Waals surface area contributed by atoms with Crippen molar-refractivity contribution in [2.24, 2.45) is 0 Å². The molecule has 2 aromatic heterocycles. The van der Waals surface area contributed by atoms with Gasteiger partial charge in [0.25, 0.3) is 0 Å². The molecule has 0 saturated heterocycles. The maximum absolute atomic E-state index is 12.4. The number of rotatable bonds is 5. The monoisotopic (exact) mass is 443 g/mol. The highest BCUT2D eigenvalue weighted by molar-refractivity contribution is 7.99. The van der Waals surface area contributed by atoms with Gasteiger partial charge in [0.2, 0.25) is 11.1 Å².